The van der Waals surface area contributed by atoms with Crippen LogP contribution in [0.25, 0.3) is 0 Å². The van der Waals surface area contributed by atoms with Crippen LogP contribution in [0, 0.1) is 0 Å². The number of nitrogens with one attached hydrogen (secondary N) is 1. The highest BCUT2D eigenvalue weighted by Crippen LogP contribution is 2.22. The predicted octanol–water partition coefficient (Wildman–Crippen LogP) is 3.31. The van der Waals surface area contributed by atoms with Gasteiger partial charge >= 0.3 is 5.97 Å². The Morgan fingerprint density at radius 2 is 2.32 bits per heavy atom. The van der Waals surface area contributed by atoms with E-state index in [0.29, 0.717) is 18.1 Å². The van der Waals surface area contributed by atoms with E-state index in [0.717, 1.165) is 16.7 Å². The number of aromatic nitrogens is 1. The van der Waals surface area contributed by atoms with E-state index in [9.17, 15) is 4.79 Å². The van der Waals surface area contributed by atoms with Gasteiger partial charge in [-0.1, -0.05) is 22.9 Å². The monoisotopic (exact) mass is 324 g/mol. The summed E-state index contributed by atoms with van der Waals surface area (Å²) in [5.74, 6) is 0.370. The molecule has 0 aliphatic heterocycles. The van der Waals surface area contributed by atoms with E-state index < -0.39 is 5.97 Å². The Morgan fingerprint density at radius 3 is 2.95 bits per heavy atom. The van der Waals surface area contributed by atoms with Gasteiger partial charge in [0.25, 0.3) is 0 Å². The fraction of sp³-hybridized carbons (Fsp3) is 0.231. The van der Waals surface area contributed by atoms with Gasteiger partial charge in [0.15, 0.2) is 0 Å². The summed E-state index contributed by atoms with van der Waals surface area (Å²) in [7, 11) is 0. The first-order valence-electron chi connectivity index (χ1n) is 5.80. The van der Waals surface area contributed by atoms with Gasteiger partial charge in [-0.25, -0.2) is 9.78 Å². The molecule has 2 rings (SSSR count). The van der Waals surface area contributed by atoms with Crippen molar-refractivity contribution in [2.75, 3.05) is 5.32 Å². The molecule has 2 aromatic rings. The lowest BCUT2D eigenvalue weighted by Crippen LogP contribution is -2.06. The Morgan fingerprint density at radius 1 is 1.53 bits per heavy atom. The Labute approximate surface area is 118 Å². The molecule has 19 heavy (non-hydrogen) atoms. The molecule has 1 heterocycles. The highest BCUT2D eigenvalue weighted by atomic mass is 79.9. The van der Waals surface area contributed by atoms with E-state index >= 15 is 0 Å². The number of rotatable bonds is 5. The number of hydrogen-bond acceptors (Lipinski definition) is 4. The summed E-state index contributed by atoms with van der Waals surface area (Å²) in [6.45, 7) is 2.32. The van der Waals surface area contributed by atoms with Gasteiger partial charge in [0.1, 0.15) is 5.76 Å². The molecule has 0 bridgehead atoms. The molecule has 0 spiro atoms. The lowest BCUT2D eigenvalue weighted by molar-refractivity contribution is 0.0698. The largest absolute Gasteiger partial charge is 0.478 e. The number of carboxylic acid groups (broad SMARTS) is 1. The first kappa shape index (κ1) is 13.6. The van der Waals surface area contributed by atoms with Crippen LogP contribution in [0.2, 0.25) is 0 Å². The molecule has 0 saturated carbocycles. The summed E-state index contributed by atoms with van der Waals surface area (Å²) in [5.41, 5.74) is 0.739. The van der Waals surface area contributed by atoms with Crippen LogP contribution >= 0.6 is 15.9 Å². The van der Waals surface area contributed by atoms with Crippen LogP contribution in [0.1, 0.15) is 28.9 Å². The summed E-state index contributed by atoms with van der Waals surface area (Å²) in [4.78, 5) is 15.2. The first-order valence-corrected chi connectivity index (χ1v) is 6.59. The van der Waals surface area contributed by atoms with Crippen molar-refractivity contribution in [2.24, 2.45) is 0 Å². The minimum atomic E-state index is -0.975. The number of aromatic carboxylic acids is 1. The van der Waals surface area contributed by atoms with Crippen molar-refractivity contribution in [3.63, 3.8) is 0 Å². The fourth-order valence-electron chi connectivity index (χ4n) is 1.61. The Kier molecular flexibility index (Phi) is 4.21. The molecule has 6 heteroatoms. The Bertz CT molecular complexity index is 595. The molecule has 0 aliphatic carbocycles. The molecule has 0 saturated heterocycles. The summed E-state index contributed by atoms with van der Waals surface area (Å²) in [6, 6.07) is 4.95. The van der Waals surface area contributed by atoms with Gasteiger partial charge in [0.2, 0.25) is 5.89 Å². The summed E-state index contributed by atoms with van der Waals surface area (Å²) < 4.78 is 6.26. The maximum atomic E-state index is 11.1. The highest BCUT2D eigenvalue weighted by molar-refractivity contribution is 9.10. The third-order valence-corrected chi connectivity index (χ3v) is 3.09. The number of aryl methyl sites for hydroxylation is 1. The van der Waals surface area contributed by atoms with Crippen LogP contribution in [0.3, 0.4) is 0 Å². The summed E-state index contributed by atoms with van der Waals surface area (Å²) in [5, 5.41) is 12.1. The second-order valence-electron chi connectivity index (χ2n) is 3.92. The molecule has 0 radical (unpaired) electrons. The van der Waals surface area contributed by atoms with E-state index in [4.69, 9.17) is 9.52 Å². The second-order valence-corrected chi connectivity index (χ2v) is 4.84. The van der Waals surface area contributed by atoms with Gasteiger partial charge < -0.3 is 14.8 Å². The van der Waals surface area contributed by atoms with Crippen molar-refractivity contribution in [3.05, 3.63) is 46.1 Å². The highest BCUT2D eigenvalue weighted by Gasteiger charge is 2.11. The van der Waals surface area contributed by atoms with Crippen LogP contribution in [-0.2, 0) is 13.0 Å². The average molecular weight is 325 g/mol. The zero-order valence-electron chi connectivity index (χ0n) is 10.3. The van der Waals surface area contributed by atoms with Crippen LogP contribution in [0.4, 0.5) is 5.69 Å². The Balaban J connectivity index is 2.14. The molecule has 0 amide bonds. The van der Waals surface area contributed by atoms with E-state index in [1.54, 1.807) is 24.4 Å². The molecule has 0 unspecified atom stereocenters. The zero-order valence-corrected chi connectivity index (χ0v) is 11.9. The van der Waals surface area contributed by atoms with Crippen molar-refractivity contribution in [2.45, 2.75) is 19.9 Å². The molecule has 100 valence electrons. The summed E-state index contributed by atoms with van der Waals surface area (Å²) in [6.07, 6.45) is 2.46. The van der Waals surface area contributed by atoms with E-state index in [1.807, 2.05) is 6.92 Å². The number of benzene rings is 1. The molecular formula is C13H13BrN2O3. The minimum Gasteiger partial charge on any atom is -0.478 e. The standard InChI is InChI=1S/C13H13BrN2O3/c1-2-9-6-16-12(19-9)7-15-11-5-8(14)3-4-10(11)13(17)18/h3-6,15H,2,7H2,1H3,(H,17,18). The van der Waals surface area contributed by atoms with Crippen molar-refractivity contribution in [1.82, 2.24) is 4.98 Å². The fourth-order valence-corrected chi connectivity index (χ4v) is 1.97. The maximum Gasteiger partial charge on any atom is 0.337 e. The van der Waals surface area contributed by atoms with Crippen molar-refractivity contribution >= 4 is 27.6 Å². The SMILES string of the molecule is CCc1cnc(CNc2cc(Br)ccc2C(=O)O)o1. The number of carbonyl (C=O) groups is 1. The third kappa shape index (κ3) is 3.35. The van der Waals surface area contributed by atoms with Crippen LogP contribution < -0.4 is 5.32 Å². The van der Waals surface area contributed by atoms with Crippen molar-refractivity contribution in [3.8, 4) is 0 Å². The predicted molar refractivity (Wildman–Crippen MR) is 74.3 cm³/mol. The molecule has 1 aromatic heterocycles. The quantitative estimate of drug-likeness (QED) is 0.882. The van der Waals surface area contributed by atoms with Crippen LogP contribution in [0.5, 0.6) is 0 Å². The third-order valence-electron chi connectivity index (χ3n) is 2.59. The average Bonchev–Trinajstić information content (AvgIpc) is 2.84. The summed E-state index contributed by atoms with van der Waals surface area (Å²) >= 11 is 3.31. The number of nitrogens with zero attached hydrogens (tertiary/aromatic N) is 1. The van der Waals surface area contributed by atoms with Gasteiger partial charge in [-0.2, -0.15) is 0 Å². The molecule has 0 atom stereocenters. The van der Waals surface area contributed by atoms with Gasteiger partial charge in [0, 0.05) is 10.9 Å². The van der Waals surface area contributed by atoms with E-state index in [-0.39, 0.29) is 5.56 Å². The molecular weight excluding hydrogens is 312 g/mol. The van der Waals surface area contributed by atoms with Gasteiger partial charge in [-0.3, -0.25) is 0 Å². The van der Waals surface area contributed by atoms with E-state index in [1.165, 1.54) is 0 Å². The molecule has 1 aromatic carbocycles. The van der Waals surface area contributed by atoms with Gasteiger partial charge in [-0.05, 0) is 18.2 Å². The number of hydrogen-bond donors (Lipinski definition) is 2. The van der Waals surface area contributed by atoms with Gasteiger partial charge in [-0.15, -0.1) is 0 Å². The molecule has 5 nitrogen and oxygen atoms in total. The molecule has 2 N–H and O–H groups in total. The van der Waals surface area contributed by atoms with Gasteiger partial charge in [0.05, 0.1) is 24.0 Å². The lowest BCUT2D eigenvalue weighted by Gasteiger charge is -2.08. The normalized spacial score (nSPS) is 10.4. The van der Waals surface area contributed by atoms with Crippen molar-refractivity contribution in [1.29, 1.82) is 0 Å². The lowest BCUT2D eigenvalue weighted by atomic mass is 10.2. The minimum absolute atomic E-state index is 0.213. The smallest absolute Gasteiger partial charge is 0.337 e. The number of oxazole rings is 1. The number of carboxylic acids is 1. The van der Waals surface area contributed by atoms with Crippen LogP contribution in [-0.4, -0.2) is 16.1 Å². The van der Waals surface area contributed by atoms with E-state index in [2.05, 4.69) is 26.2 Å². The second kappa shape index (κ2) is 5.88. The van der Waals surface area contributed by atoms with Crippen molar-refractivity contribution < 1.29 is 14.3 Å². The number of anilines is 1. The van der Waals surface area contributed by atoms with Crippen LogP contribution in [0.15, 0.2) is 33.3 Å². The number of halogens is 1. The maximum absolute atomic E-state index is 11.1. The first-order chi connectivity index (χ1) is 9.10. The molecule has 0 aliphatic rings. The molecule has 0 fully saturated rings. The topological polar surface area (TPSA) is 75.4 Å². The zero-order chi connectivity index (χ0) is 13.8. The Hall–Kier alpha value is -1.82.